The number of aromatic nitrogens is 1. The molecule has 1 aromatic heterocycles. The lowest BCUT2D eigenvalue weighted by molar-refractivity contribution is 0.102. The number of guanidine groups is 1. The summed E-state index contributed by atoms with van der Waals surface area (Å²) in [7, 11) is -7.92. The van der Waals surface area contributed by atoms with Crippen molar-refractivity contribution in [1.29, 1.82) is 0 Å². The monoisotopic (exact) mass is 589 g/mol. The van der Waals surface area contributed by atoms with Gasteiger partial charge in [0.25, 0.3) is 15.9 Å². The van der Waals surface area contributed by atoms with Gasteiger partial charge < -0.3 is 22.1 Å². The molecule has 4 aromatic carbocycles. The number of nitrogens with zero attached hydrogens (tertiary/aromatic N) is 2. The molecule has 0 radical (unpaired) electrons. The summed E-state index contributed by atoms with van der Waals surface area (Å²) in [5.41, 5.74) is 13.3. The van der Waals surface area contributed by atoms with Gasteiger partial charge in [-0.1, -0.05) is 30.3 Å². The fourth-order valence-corrected chi connectivity index (χ4v) is 5.58. The van der Waals surface area contributed by atoms with Crippen LogP contribution in [0.5, 0.6) is 0 Å². The van der Waals surface area contributed by atoms with Crippen LogP contribution in [0.2, 0.25) is 0 Å². The van der Waals surface area contributed by atoms with Crippen molar-refractivity contribution in [2.45, 2.75) is 9.79 Å². The maximum absolute atomic E-state index is 13.4. The number of anilines is 3. The van der Waals surface area contributed by atoms with E-state index in [2.05, 4.69) is 15.0 Å². The molecular formula is C27H23N7O5S2. The topological polar surface area (TPSA) is 213 Å². The van der Waals surface area contributed by atoms with Crippen LogP contribution in [0.1, 0.15) is 10.4 Å². The zero-order valence-corrected chi connectivity index (χ0v) is 22.8. The molecule has 5 aromatic rings. The summed E-state index contributed by atoms with van der Waals surface area (Å²) in [5.74, 6) is -1.06. The summed E-state index contributed by atoms with van der Waals surface area (Å²) in [5, 5.41) is 12.7. The number of para-hydroxylation sites is 2. The van der Waals surface area contributed by atoms with Crippen molar-refractivity contribution in [1.82, 2.24) is 4.98 Å². The maximum atomic E-state index is 13.4. The van der Waals surface area contributed by atoms with Gasteiger partial charge in [-0.3, -0.25) is 4.79 Å². The molecule has 41 heavy (non-hydrogen) atoms. The van der Waals surface area contributed by atoms with Crippen LogP contribution in [0.25, 0.3) is 21.8 Å². The van der Waals surface area contributed by atoms with Gasteiger partial charge >= 0.3 is 0 Å². The molecule has 1 heterocycles. The van der Waals surface area contributed by atoms with E-state index in [9.17, 15) is 21.6 Å². The molecule has 0 aliphatic carbocycles. The van der Waals surface area contributed by atoms with Gasteiger partial charge in [0.15, 0.2) is 0 Å². The van der Waals surface area contributed by atoms with Crippen molar-refractivity contribution in [3.05, 3.63) is 96.6 Å². The fourth-order valence-electron chi connectivity index (χ4n) is 4.20. The molecule has 208 valence electrons. The summed E-state index contributed by atoms with van der Waals surface area (Å²) in [6.45, 7) is 0. The Morgan fingerprint density at radius 2 is 1.34 bits per heavy atom. The van der Waals surface area contributed by atoms with Crippen LogP contribution in [0.4, 0.5) is 17.1 Å². The third-order valence-electron chi connectivity index (χ3n) is 6.04. The fraction of sp³-hybridized carbons (Fsp3) is 0. The average Bonchev–Trinajstić information content (AvgIpc) is 2.92. The molecule has 0 atom stereocenters. The number of rotatable bonds is 7. The number of pyridine rings is 1. The second kappa shape index (κ2) is 10.5. The first kappa shape index (κ1) is 27.5. The molecular weight excluding hydrogens is 566 g/mol. The number of sulfonamides is 2. The van der Waals surface area contributed by atoms with Crippen molar-refractivity contribution in [2.75, 3.05) is 10.6 Å². The number of nitrogens with one attached hydrogen (secondary N) is 2. The molecule has 0 unspecified atom stereocenters. The summed E-state index contributed by atoms with van der Waals surface area (Å²) in [4.78, 5) is 18.0. The van der Waals surface area contributed by atoms with E-state index < -0.39 is 31.9 Å². The van der Waals surface area contributed by atoms with Crippen LogP contribution in [0.3, 0.4) is 0 Å². The van der Waals surface area contributed by atoms with E-state index in [-0.39, 0.29) is 15.4 Å². The zero-order valence-electron chi connectivity index (χ0n) is 21.1. The van der Waals surface area contributed by atoms with E-state index in [1.807, 2.05) is 30.3 Å². The third kappa shape index (κ3) is 5.79. The van der Waals surface area contributed by atoms with Crippen LogP contribution >= 0.6 is 0 Å². The number of carbonyl (C=O) groups is 1. The Balaban J connectivity index is 1.53. The number of nitrogens with two attached hydrogens (primary N) is 3. The van der Waals surface area contributed by atoms with Crippen LogP contribution in [-0.2, 0) is 20.0 Å². The number of primary sulfonamides is 1. The third-order valence-corrected chi connectivity index (χ3v) is 8.29. The van der Waals surface area contributed by atoms with Crippen molar-refractivity contribution in [3.63, 3.8) is 0 Å². The smallest absolute Gasteiger partial charge is 0.285 e. The minimum Gasteiger partial charge on any atom is -0.369 e. The minimum absolute atomic E-state index is 0.0201. The Hall–Kier alpha value is -5.05. The van der Waals surface area contributed by atoms with Gasteiger partial charge in [-0.05, 0) is 60.7 Å². The van der Waals surface area contributed by atoms with Crippen molar-refractivity contribution in [2.24, 2.45) is 21.0 Å². The molecule has 0 fully saturated rings. The van der Waals surface area contributed by atoms with Crippen LogP contribution in [0, 0.1) is 0 Å². The highest BCUT2D eigenvalue weighted by atomic mass is 32.2. The molecule has 14 heteroatoms. The first-order valence-electron chi connectivity index (χ1n) is 11.9. The first-order chi connectivity index (χ1) is 19.4. The Bertz CT molecular complexity index is 2060. The van der Waals surface area contributed by atoms with Gasteiger partial charge in [0.2, 0.25) is 16.0 Å². The number of hydrogen-bond acceptors (Lipinski definition) is 7. The van der Waals surface area contributed by atoms with E-state index in [4.69, 9.17) is 21.6 Å². The molecule has 8 N–H and O–H groups in total. The van der Waals surface area contributed by atoms with E-state index >= 15 is 0 Å². The Morgan fingerprint density at radius 3 is 2.00 bits per heavy atom. The van der Waals surface area contributed by atoms with Crippen LogP contribution in [0.15, 0.2) is 105 Å². The molecule has 0 spiro atoms. The number of benzene rings is 4. The summed E-state index contributed by atoms with van der Waals surface area (Å²) in [6, 6.07) is 23.9. The molecule has 0 aliphatic rings. The average molecular weight is 590 g/mol. The molecule has 0 saturated carbocycles. The van der Waals surface area contributed by atoms with Gasteiger partial charge in [-0.2, -0.15) is 8.42 Å². The lowest BCUT2D eigenvalue weighted by Gasteiger charge is -2.15. The number of amides is 1. The van der Waals surface area contributed by atoms with E-state index in [0.29, 0.717) is 33.5 Å². The lowest BCUT2D eigenvalue weighted by Crippen LogP contribution is -2.24. The highest BCUT2D eigenvalue weighted by Crippen LogP contribution is 2.35. The number of hydrogen-bond donors (Lipinski definition) is 5. The van der Waals surface area contributed by atoms with Gasteiger partial charge in [0.05, 0.1) is 32.1 Å². The lowest BCUT2D eigenvalue weighted by atomic mass is 10.0. The van der Waals surface area contributed by atoms with Gasteiger partial charge in [0, 0.05) is 22.1 Å². The normalized spacial score (nSPS) is 11.7. The summed E-state index contributed by atoms with van der Waals surface area (Å²) in [6.07, 6.45) is 0. The second-order valence-electron chi connectivity index (χ2n) is 8.87. The van der Waals surface area contributed by atoms with E-state index in [1.54, 1.807) is 24.3 Å². The quantitative estimate of drug-likeness (QED) is 0.107. The predicted molar refractivity (Wildman–Crippen MR) is 158 cm³/mol. The largest absolute Gasteiger partial charge is 0.369 e. The van der Waals surface area contributed by atoms with Gasteiger partial charge in [0.1, 0.15) is 0 Å². The summed E-state index contributed by atoms with van der Waals surface area (Å²) >= 11 is 0. The predicted octanol–water partition coefficient (Wildman–Crippen LogP) is 2.99. The van der Waals surface area contributed by atoms with Crippen molar-refractivity contribution in [3.8, 4) is 0 Å². The van der Waals surface area contributed by atoms with E-state index in [1.165, 1.54) is 36.4 Å². The zero-order chi connectivity index (χ0) is 29.4. The Labute approximate surface area is 235 Å². The first-order valence-corrected chi connectivity index (χ1v) is 14.9. The van der Waals surface area contributed by atoms with Gasteiger partial charge in [-0.25, -0.2) is 18.5 Å². The molecule has 1 amide bonds. The highest BCUT2D eigenvalue weighted by Gasteiger charge is 2.18. The minimum atomic E-state index is -4.07. The van der Waals surface area contributed by atoms with Crippen molar-refractivity contribution >= 4 is 70.8 Å². The molecule has 5 rings (SSSR count). The van der Waals surface area contributed by atoms with Crippen molar-refractivity contribution < 1.29 is 21.6 Å². The molecule has 12 nitrogen and oxygen atoms in total. The Morgan fingerprint density at radius 1 is 0.732 bits per heavy atom. The summed E-state index contributed by atoms with van der Waals surface area (Å²) < 4.78 is 50.9. The molecule has 0 bridgehead atoms. The highest BCUT2D eigenvalue weighted by molar-refractivity contribution is 7.90. The van der Waals surface area contributed by atoms with Crippen LogP contribution in [-0.4, -0.2) is 33.7 Å². The maximum Gasteiger partial charge on any atom is 0.285 e. The molecule has 0 saturated heterocycles. The number of carbonyl (C=O) groups excluding carboxylic acids is 1. The number of fused-ring (bicyclic) bond motifs is 2. The Kier molecular flexibility index (Phi) is 7.04. The second-order valence-corrected chi connectivity index (χ2v) is 12.0. The molecule has 0 aliphatic heterocycles. The van der Waals surface area contributed by atoms with Gasteiger partial charge in [-0.15, -0.1) is 4.40 Å². The SMILES string of the molecule is NC(N)=NS(=O)(=O)c1ccc(NC(=O)c2cccc3c(Nc4ccc(S(N)(=O)=O)cc4)c4ccccc4nc23)cc1. The van der Waals surface area contributed by atoms with E-state index in [0.717, 1.165) is 5.39 Å². The van der Waals surface area contributed by atoms with Crippen LogP contribution < -0.4 is 27.2 Å². The standard InChI is InChI=1S/C27H23N7O5S2/c28-27(29)34-41(38,39)19-14-10-17(11-15-19)32-26(35)22-6-3-5-21-24(20-4-1-2-7-23(20)33-25(21)22)31-16-8-12-18(13-9-16)40(30,36)37/h1-15H,(H,31,33)(H,32,35)(H4,28,29,34)(H2,30,36,37).